The number of aliphatic hydroxyl groups excluding tert-OH is 3. The van der Waals surface area contributed by atoms with Crippen molar-refractivity contribution in [2.45, 2.75) is 269 Å². The largest absolute Gasteiger partial charge is 0.459 e. The van der Waals surface area contributed by atoms with Crippen molar-refractivity contribution in [3.05, 3.63) is 36.3 Å². The topological polar surface area (TPSA) is 655 Å². The molecule has 1 radical (unpaired) electrons. The first kappa shape index (κ1) is 100. The zero-order chi connectivity index (χ0) is 93.1. The number of likely N-dealkylation sites (tertiary alicyclic amines) is 2. The molecule has 1 spiro atoms. The number of imide groups is 1. The van der Waals surface area contributed by atoms with E-state index in [0.29, 0.717) is 11.3 Å². The van der Waals surface area contributed by atoms with Crippen LogP contribution in [0.25, 0.3) is 0 Å². The van der Waals surface area contributed by atoms with Crippen molar-refractivity contribution < 1.29 is 131 Å². The molecule has 43 heteroatoms. The van der Waals surface area contributed by atoms with Crippen LogP contribution < -0.4 is 59.7 Å². The number of amides is 13. The number of hydrogen-bond donors (Lipinski definition) is 17. The molecular weight excluding hydrogens is 1660 g/mol. The minimum atomic E-state index is -2.41. The summed E-state index contributed by atoms with van der Waals surface area (Å²) in [6, 6.07) is -13.9. The van der Waals surface area contributed by atoms with Crippen LogP contribution in [-0.2, 0) is 112 Å². The SMILES string of the molecule is CCC(C)C(NC(=O)C(CC(N)=O)NC(=O)C(CC(C)C)NC(=O)C1CCCN1C(=O)C(CO)NC(=O)C(NC(=O)C(N)CSC1CC(=O)N(CCNC(=O)CCCC(=O)O[C@@H]2C(=O)C=C(C)[C@@H]3[CH]C4OC(=O)C(OC(=O)CC(O)(C(C)C)C(C)C)C5[C@@H](C)[C@@H](O)[C@]6(O)OC[C@]45C6[C@@]23C)C1=O)C(C)O)C(=O)NC(Cc1cnc[nH]1)C(=O)NC(CC(N)=O)C(C)=O. The molecule has 8 rings (SSSR count). The zero-order valence-corrected chi connectivity index (χ0v) is 73.3. The van der Waals surface area contributed by atoms with Crippen molar-refractivity contribution in [2.75, 3.05) is 38.6 Å². The molecule has 13 amide bonds. The van der Waals surface area contributed by atoms with Gasteiger partial charge in [0.05, 0.1) is 67.8 Å². The number of rotatable bonds is 44. The molecule has 6 fully saturated rings. The number of nitrogens with zero attached hydrogens (tertiary/aromatic N) is 3. The average molecular weight is 1780 g/mol. The van der Waals surface area contributed by atoms with Crippen LogP contribution in [-0.4, -0.2) is 292 Å². The Balaban J connectivity index is 0.803. The summed E-state index contributed by atoms with van der Waals surface area (Å²) in [4.78, 5) is 254. The molecular formula is C82H122N15O27S. The van der Waals surface area contributed by atoms with Crippen LogP contribution in [0.1, 0.15) is 166 Å². The number of ketones is 2. The van der Waals surface area contributed by atoms with Crippen molar-refractivity contribution in [1.82, 2.24) is 62.3 Å². The highest BCUT2D eigenvalue weighted by atomic mass is 32.2. The zero-order valence-electron chi connectivity index (χ0n) is 72.5. The van der Waals surface area contributed by atoms with Gasteiger partial charge in [0.2, 0.25) is 82.9 Å². The van der Waals surface area contributed by atoms with Crippen LogP contribution in [0.5, 0.6) is 0 Å². The second kappa shape index (κ2) is 42.1. The van der Waals surface area contributed by atoms with Crippen molar-refractivity contribution in [2.24, 2.45) is 75.4 Å². The number of aromatic amines is 1. The molecule has 2 bridgehead atoms. The van der Waals surface area contributed by atoms with Crippen LogP contribution in [0, 0.1) is 64.6 Å². The Morgan fingerprint density at radius 2 is 1.40 bits per heavy atom. The van der Waals surface area contributed by atoms with E-state index in [4.69, 9.17) is 36.1 Å². The van der Waals surface area contributed by atoms with Gasteiger partial charge in [-0.15, -0.1) is 11.8 Å². The van der Waals surface area contributed by atoms with Gasteiger partial charge in [0.25, 0.3) is 0 Å². The Kier molecular flexibility index (Phi) is 33.9. The summed E-state index contributed by atoms with van der Waals surface area (Å²) in [5.41, 5.74) is 13.3. The molecule has 23 atom stereocenters. The Hall–Kier alpha value is -9.92. The van der Waals surface area contributed by atoms with E-state index < -0.39 is 292 Å². The Labute approximate surface area is 726 Å². The summed E-state index contributed by atoms with van der Waals surface area (Å²) in [5.74, 6) is -24.7. The molecule has 4 aliphatic heterocycles. The minimum absolute atomic E-state index is 0.00456. The number of Topliss-reactive ketones (excluding diaryl/α,β-unsaturated/α-hetero) is 1. The number of thioether (sulfide) groups is 1. The normalized spacial score (nSPS) is 27.4. The Morgan fingerprint density at radius 3 is 2.00 bits per heavy atom. The Bertz CT molecular complexity index is 4270. The van der Waals surface area contributed by atoms with Crippen LogP contribution >= 0.6 is 11.8 Å². The maximum Gasteiger partial charge on any atom is 0.348 e. The van der Waals surface area contributed by atoms with Crippen molar-refractivity contribution >= 4 is 118 Å². The third-order valence-electron chi connectivity index (χ3n) is 25.4. The highest BCUT2D eigenvalue weighted by Gasteiger charge is 2.84. The number of nitrogens with one attached hydrogen (secondary N) is 9. The standard InChI is InChI=1S/C82H122N15O27S/c1-14-39(8)63(73(114)92-49(25-44-31-86-35-88-44)70(111)89-47(42(11)99)27-56(84)102)94-71(112)50(28-57(85)103)90-69(110)48(23-36(2)3)91-72(113)52-17-16-21-96(52)75(116)51(32-98)93-74(115)64(43(12)100)95-68(109)46(83)33-125-54-29-59(105)97(76(54)117)22-20-87-58(104)18-15-19-60(106)124-67-53(101)24-40(9)45-26-55-80-34-121-82(120,78(80)79(45,67)13)66(108)41(10)62(80)65(77(118)122-55)123-61(107)30-81(119,37(4)5)38(6)7/h24,26,31,35-39,41,43,45-52,54-55,62-67,78,98,100,108,119-120H,14-23,25,27-30,32-34,83H2,1-13H3,(H2,84,102)(H2,85,103)(H,86,88)(H,87,104)(H,89,111)(H,90,110)(H,91,113)(H,92,114)(H,93,115)(H,94,112)(H,95,109)/t39?,41-,43?,45+,46?,47?,48?,49?,50?,51?,52?,54?,55?,62?,63?,64?,65?,66-,67-,78?,79-,80+,82+/m1/s1. The molecule has 1 aromatic heterocycles. The fourth-order valence-corrected chi connectivity index (χ4v) is 19.6. The van der Waals surface area contributed by atoms with Gasteiger partial charge in [0, 0.05) is 92.0 Å². The summed E-state index contributed by atoms with van der Waals surface area (Å²) >= 11 is 0.827. The van der Waals surface area contributed by atoms with E-state index in [1.54, 1.807) is 82.6 Å². The summed E-state index contributed by atoms with van der Waals surface area (Å²) in [6.45, 7) is 18.7. The maximum atomic E-state index is 14.3. The molecule has 0 aromatic carbocycles. The van der Waals surface area contributed by atoms with Gasteiger partial charge in [-0.25, -0.2) is 9.78 Å². The highest BCUT2D eigenvalue weighted by molar-refractivity contribution is 8.00. The molecule has 693 valence electrons. The predicted molar refractivity (Wildman–Crippen MR) is 438 cm³/mol. The van der Waals surface area contributed by atoms with E-state index in [1.165, 1.54) is 18.6 Å². The number of carbonyl (C=O) groups excluding carboxylic acids is 18. The van der Waals surface area contributed by atoms with Gasteiger partial charge >= 0.3 is 17.9 Å². The molecule has 7 aliphatic rings. The number of allylic oxidation sites excluding steroid dienone is 1. The first-order valence-corrected chi connectivity index (χ1v) is 43.2. The van der Waals surface area contributed by atoms with E-state index in [-0.39, 0.29) is 89.3 Å². The number of carbonyl (C=O) groups is 18. The molecule has 5 heterocycles. The van der Waals surface area contributed by atoms with E-state index >= 15 is 0 Å². The molecule has 3 aliphatic carbocycles. The third kappa shape index (κ3) is 22.6. The number of nitrogens with two attached hydrogens (primary N) is 3. The summed E-state index contributed by atoms with van der Waals surface area (Å²) in [6.07, 6.45) is -5.03. The van der Waals surface area contributed by atoms with Gasteiger partial charge in [-0.2, -0.15) is 0 Å². The number of esters is 3. The minimum Gasteiger partial charge on any atom is -0.459 e. The second-order valence-corrected chi connectivity index (χ2v) is 36.5. The van der Waals surface area contributed by atoms with Gasteiger partial charge in [-0.05, 0) is 88.0 Å². The summed E-state index contributed by atoms with van der Waals surface area (Å²) in [5, 5.41) is 76.3. The van der Waals surface area contributed by atoms with Gasteiger partial charge in [-0.1, -0.05) is 81.2 Å². The smallest absolute Gasteiger partial charge is 0.348 e. The second-order valence-electron chi connectivity index (χ2n) is 35.2. The number of fused-ring (bicyclic) bond motifs is 1. The number of imidazole rings is 1. The molecule has 2 saturated carbocycles. The number of primary amides is 2. The van der Waals surface area contributed by atoms with E-state index in [2.05, 4.69) is 52.5 Å². The molecule has 42 nitrogen and oxygen atoms in total. The first-order chi connectivity index (χ1) is 58.5. The molecule has 4 saturated heterocycles. The lowest BCUT2D eigenvalue weighted by Crippen LogP contribution is -2.78. The highest BCUT2D eigenvalue weighted by Crippen LogP contribution is 2.74. The van der Waals surface area contributed by atoms with E-state index in [9.17, 15) is 112 Å². The summed E-state index contributed by atoms with van der Waals surface area (Å²) in [7, 11) is 0. The number of hydrogen-bond acceptors (Lipinski definition) is 30. The first-order valence-electron chi connectivity index (χ1n) is 42.2. The van der Waals surface area contributed by atoms with Gasteiger partial charge < -0.3 is 114 Å². The van der Waals surface area contributed by atoms with Gasteiger partial charge in [-0.3, -0.25) is 86.4 Å². The van der Waals surface area contributed by atoms with E-state index in [1.807, 2.05) is 0 Å². The lowest BCUT2D eigenvalue weighted by molar-refractivity contribution is -0.333. The molecule has 125 heavy (non-hydrogen) atoms. The number of H-pyrrole nitrogens is 1. The van der Waals surface area contributed by atoms with E-state index in [0.717, 1.165) is 35.4 Å². The Morgan fingerprint density at radius 1 is 0.792 bits per heavy atom. The molecule has 16 unspecified atom stereocenters. The quantitative estimate of drug-likeness (QED) is 0.0165. The van der Waals surface area contributed by atoms with Gasteiger partial charge in [0.15, 0.2) is 23.5 Å². The van der Waals surface area contributed by atoms with Gasteiger partial charge in [0.1, 0.15) is 54.5 Å². The van der Waals surface area contributed by atoms with Crippen LogP contribution in [0.2, 0.25) is 0 Å². The molecule has 1 aromatic rings. The lowest BCUT2D eigenvalue weighted by Gasteiger charge is -2.68. The van der Waals surface area contributed by atoms with Crippen LogP contribution in [0.15, 0.2) is 24.2 Å². The van der Waals surface area contributed by atoms with Crippen molar-refractivity contribution in [3.8, 4) is 0 Å². The fraction of sp³-hybridized carbons (Fsp3) is 0.707. The van der Waals surface area contributed by atoms with Crippen molar-refractivity contribution in [3.63, 3.8) is 0 Å². The van der Waals surface area contributed by atoms with Crippen molar-refractivity contribution in [1.29, 1.82) is 0 Å². The fourth-order valence-electron chi connectivity index (χ4n) is 18.5. The number of ether oxygens (including phenoxy) is 4. The predicted octanol–water partition coefficient (Wildman–Crippen LogP) is -4.88. The maximum absolute atomic E-state index is 14.3. The summed E-state index contributed by atoms with van der Waals surface area (Å²) < 4.78 is 24.2. The third-order valence-corrected chi connectivity index (χ3v) is 26.7. The number of aliphatic hydroxyl groups is 5. The lowest BCUT2D eigenvalue weighted by atomic mass is 9.38. The van der Waals surface area contributed by atoms with Crippen LogP contribution in [0.4, 0.5) is 0 Å². The van der Waals surface area contributed by atoms with Crippen LogP contribution in [0.3, 0.4) is 0 Å². The monoisotopic (exact) mass is 1780 g/mol. The number of aromatic nitrogens is 2. The molecule has 20 N–H and O–H groups in total. The average Bonchev–Trinajstić information content (AvgIpc) is 1.53.